The highest BCUT2D eigenvalue weighted by Gasteiger charge is 2.54. The number of allylic oxidation sites excluding steroid dienone is 1. The molecule has 0 saturated carbocycles. The second-order valence-corrected chi connectivity index (χ2v) is 10.4. The summed E-state index contributed by atoms with van der Waals surface area (Å²) in [6.45, 7) is 0.334. The van der Waals surface area contributed by atoms with Crippen molar-refractivity contribution >= 4 is 51.7 Å². The molecular weight excluding hydrogens is 506 g/mol. The topological polar surface area (TPSA) is 156 Å². The average Bonchev–Trinajstić information content (AvgIpc) is 3.61. The molecule has 4 N–H and O–H groups in total. The average molecular weight is 531 g/mol. The molecule has 36 heavy (non-hydrogen) atoms. The Balaban J connectivity index is 1.34. The number of thiazole rings is 1. The van der Waals surface area contributed by atoms with Crippen LogP contribution in [-0.2, 0) is 32.8 Å². The molecule has 5 rings (SSSR count). The summed E-state index contributed by atoms with van der Waals surface area (Å²) >= 11 is 2.56. The van der Waals surface area contributed by atoms with Crippen LogP contribution in [0, 0.1) is 0 Å². The number of carboxylic acids is 1. The van der Waals surface area contributed by atoms with Gasteiger partial charge >= 0.3 is 5.97 Å². The van der Waals surface area contributed by atoms with E-state index in [4.69, 9.17) is 10.6 Å². The number of nitrogens with one attached hydrogen (secondary N) is 1. The summed E-state index contributed by atoms with van der Waals surface area (Å²) in [4.78, 5) is 49.3. The number of carboxylic acid groups (broad SMARTS) is 1. The standard InChI is InChI=1S/C22H23N7O5S2/c1-27-7-4-8-28(27)9-12-10-35-20-16(19(31)29(20)17(12)21(32)33)25-18(30)15(14-11-36-22(23)24-14)26-34-13-5-2-3-6-13/h2,4-5,7-8,11,13,16,20H,3,6,9-10H2,1H3,(H3-,23,24,25,30,32,33)/p+1/t13?,16-,20-/m1/s1. The number of rotatable bonds is 8. The Kier molecular flexibility index (Phi) is 6.53. The van der Waals surface area contributed by atoms with Crippen molar-refractivity contribution in [1.29, 1.82) is 0 Å². The predicted molar refractivity (Wildman–Crippen MR) is 132 cm³/mol. The minimum absolute atomic E-state index is 0.0412. The quantitative estimate of drug-likeness (QED) is 0.144. The van der Waals surface area contributed by atoms with Gasteiger partial charge in [0.2, 0.25) is 0 Å². The van der Waals surface area contributed by atoms with Gasteiger partial charge in [0.25, 0.3) is 11.8 Å². The number of aromatic nitrogens is 3. The minimum Gasteiger partial charge on any atom is -0.477 e. The van der Waals surface area contributed by atoms with Crippen molar-refractivity contribution in [2.45, 2.75) is 36.9 Å². The van der Waals surface area contributed by atoms with Gasteiger partial charge in [-0.2, -0.15) is 4.68 Å². The number of β-lactam (4-membered cyclic amide) rings is 1. The summed E-state index contributed by atoms with van der Waals surface area (Å²) in [6, 6.07) is 0.940. The smallest absolute Gasteiger partial charge is 0.352 e. The molecular formula is C22H24N7O5S2+. The zero-order valence-corrected chi connectivity index (χ0v) is 20.9. The monoisotopic (exact) mass is 530 g/mol. The number of nitrogens with zero attached hydrogens (tertiary/aromatic N) is 5. The third-order valence-electron chi connectivity index (χ3n) is 6.08. The van der Waals surface area contributed by atoms with Crippen LogP contribution < -0.4 is 15.7 Å². The maximum Gasteiger partial charge on any atom is 0.352 e. The third kappa shape index (κ3) is 4.48. The van der Waals surface area contributed by atoms with Crippen LogP contribution in [0.25, 0.3) is 0 Å². The Morgan fingerprint density at radius 3 is 2.92 bits per heavy atom. The van der Waals surface area contributed by atoms with Crippen LogP contribution in [0.3, 0.4) is 0 Å². The lowest BCUT2D eigenvalue weighted by Crippen LogP contribution is -2.71. The molecule has 2 aliphatic heterocycles. The number of amides is 2. The number of carbonyl (C=O) groups excluding carboxylic acids is 2. The molecule has 3 atom stereocenters. The van der Waals surface area contributed by atoms with Crippen molar-refractivity contribution in [1.82, 2.24) is 19.9 Å². The van der Waals surface area contributed by atoms with Crippen LogP contribution in [0.1, 0.15) is 18.5 Å². The summed E-state index contributed by atoms with van der Waals surface area (Å²) in [5, 5.41) is 17.9. The van der Waals surface area contributed by atoms with Crippen molar-refractivity contribution in [3.63, 3.8) is 0 Å². The number of hydrogen-bond acceptors (Lipinski definition) is 9. The normalized spacial score (nSPS) is 23.5. The molecule has 1 unspecified atom stereocenters. The van der Waals surface area contributed by atoms with Gasteiger partial charge in [0.1, 0.15) is 35.5 Å². The lowest BCUT2D eigenvalue weighted by Gasteiger charge is -2.49. The Morgan fingerprint density at radius 1 is 1.44 bits per heavy atom. The molecule has 0 radical (unpaired) electrons. The van der Waals surface area contributed by atoms with Crippen molar-refractivity contribution < 1.29 is 29.0 Å². The molecule has 188 valence electrons. The first kappa shape index (κ1) is 24.1. The molecule has 1 aliphatic carbocycles. The molecule has 2 aromatic rings. The van der Waals surface area contributed by atoms with E-state index in [2.05, 4.69) is 15.5 Å². The maximum atomic E-state index is 13.2. The van der Waals surface area contributed by atoms with Crippen LogP contribution in [0.5, 0.6) is 0 Å². The van der Waals surface area contributed by atoms with Crippen LogP contribution >= 0.6 is 23.1 Å². The molecule has 2 amide bonds. The first-order valence-corrected chi connectivity index (χ1v) is 13.1. The zero-order valence-electron chi connectivity index (χ0n) is 19.2. The molecule has 3 aliphatic rings. The molecule has 2 aromatic heterocycles. The van der Waals surface area contributed by atoms with Crippen molar-refractivity contribution in [3.8, 4) is 0 Å². The summed E-state index contributed by atoms with van der Waals surface area (Å²) in [5.74, 6) is -1.92. The van der Waals surface area contributed by atoms with E-state index in [-0.39, 0.29) is 28.3 Å². The van der Waals surface area contributed by atoms with E-state index in [9.17, 15) is 19.5 Å². The first-order chi connectivity index (χ1) is 17.3. The van der Waals surface area contributed by atoms with Gasteiger partial charge in [-0.05, 0) is 24.5 Å². The lowest BCUT2D eigenvalue weighted by molar-refractivity contribution is -0.752. The number of aliphatic carboxylic acids is 1. The van der Waals surface area contributed by atoms with Crippen molar-refractivity contribution in [2.24, 2.45) is 12.2 Å². The highest BCUT2D eigenvalue weighted by atomic mass is 32.2. The van der Waals surface area contributed by atoms with E-state index in [1.807, 2.05) is 47.0 Å². The fourth-order valence-electron chi connectivity index (χ4n) is 4.24. The van der Waals surface area contributed by atoms with Gasteiger partial charge in [-0.1, -0.05) is 11.2 Å². The van der Waals surface area contributed by atoms with Gasteiger partial charge in [-0.25, -0.2) is 9.78 Å². The van der Waals surface area contributed by atoms with Crippen molar-refractivity contribution in [2.75, 3.05) is 11.5 Å². The van der Waals surface area contributed by atoms with E-state index in [0.717, 1.165) is 24.2 Å². The summed E-state index contributed by atoms with van der Waals surface area (Å²) < 4.78 is 3.68. The van der Waals surface area contributed by atoms with E-state index < -0.39 is 29.2 Å². The van der Waals surface area contributed by atoms with Gasteiger partial charge in [0, 0.05) is 17.2 Å². The molecule has 0 aromatic carbocycles. The Morgan fingerprint density at radius 2 is 2.28 bits per heavy atom. The van der Waals surface area contributed by atoms with Crippen LogP contribution in [0.15, 0.2) is 52.4 Å². The fraction of sp³-hybridized carbons (Fsp3) is 0.364. The zero-order chi connectivity index (χ0) is 25.4. The summed E-state index contributed by atoms with van der Waals surface area (Å²) in [6.07, 6.45) is 8.89. The molecule has 12 nitrogen and oxygen atoms in total. The van der Waals surface area contributed by atoms with E-state index in [1.54, 1.807) is 5.38 Å². The summed E-state index contributed by atoms with van der Waals surface area (Å²) in [5.41, 5.74) is 6.46. The van der Waals surface area contributed by atoms with Gasteiger partial charge in [-0.3, -0.25) is 14.5 Å². The second kappa shape index (κ2) is 9.78. The molecule has 0 spiro atoms. The summed E-state index contributed by atoms with van der Waals surface area (Å²) in [7, 11) is 1.85. The number of fused-ring (bicyclic) bond motifs is 1. The number of oxime groups is 1. The van der Waals surface area contributed by atoms with E-state index >= 15 is 0 Å². The Labute approximate surface area is 214 Å². The molecule has 14 heteroatoms. The number of nitrogen functional groups attached to an aromatic ring is 1. The van der Waals surface area contributed by atoms with Crippen LogP contribution in [-0.4, -0.2) is 66.4 Å². The number of carbonyl (C=O) groups is 3. The second-order valence-electron chi connectivity index (χ2n) is 8.44. The van der Waals surface area contributed by atoms with Crippen LogP contribution in [0.2, 0.25) is 0 Å². The Hall–Kier alpha value is -3.65. The van der Waals surface area contributed by atoms with E-state index in [0.29, 0.717) is 17.9 Å². The largest absolute Gasteiger partial charge is 0.477 e. The van der Waals surface area contributed by atoms with Gasteiger partial charge in [-0.15, -0.1) is 27.8 Å². The predicted octanol–water partition coefficient (Wildman–Crippen LogP) is 0.229. The number of nitrogens with two attached hydrogens (primary N) is 1. The SMILES string of the molecule is C[n+]1cccn1CC1=C(C(=O)O)N2C(=O)[C@@H](NC(=O)C(=NOC3C=CCC3)c3csc(N)n3)[C@H]2SC1. The Bertz CT molecular complexity index is 1310. The molecule has 4 heterocycles. The van der Waals surface area contributed by atoms with Gasteiger partial charge in [0.15, 0.2) is 24.1 Å². The van der Waals surface area contributed by atoms with Crippen LogP contribution in [0.4, 0.5) is 5.13 Å². The van der Waals surface area contributed by atoms with Gasteiger partial charge < -0.3 is 21.0 Å². The highest BCUT2D eigenvalue weighted by Crippen LogP contribution is 2.40. The minimum atomic E-state index is -1.18. The molecule has 0 bridgehead atoms. The first-order valence-electron chi connectivity index (χ1n) is 11.2. The van der Waals surface area contributed by atoms with E-state index in [1.165, 1.54) is 16.7 Å². The molecule has 1 saturated heterocycles. The van der Waals surface area contributed by atoms with Gasteiger partial charge in [0.05, 0.1) is 6.20 Å². The third-order valence-corrected chi connectivity index (χ3v) is 8.10. The lowest BCUT2D eigenvalue weighted by atomic mass is 10.0. The highest BCUT2D eigenvalue weighted by molar-refractivity contribution is 8.00. The van der Waals surface area contributed by atoms with Crippen molar-refractivity contribution in [3.05, 3.63) is 53.0 Å². The maximum absolute atomic E-state index is 13.2. The fourth-order valence-corrected chi connectivity index (χ4v) is 6.12. The number of thioether (sulfide) groups is 1. The number of hydrogen-bond donors (Lipinski definition) is 3. The number of anilines is 1. The number of aryl methyl sites for hydroxylation is 1. The molecule has 1 fully saturated rings.